The monoisotopic (exact) mass is 302 g/mol. The van der Waals surface area contributed by atoms with Crippen LogP contribution in [0.3, 0.4) is 0 Å². The minimum atomic E-state index is -0.159. The van der Waals surface area contributed by atoms with Gasteiger partial charge in [-0.05, 0) is 43.7 Å². The molecule has 0 saturated heterocycles. The second kappa shape index (κ2) is 6.87. The molecule has 0 aliphatic heterocycles. The number of aliphatic hydroxyl groups excluding tert-OH is 1. The van der Waals surface area contributed by atoms with Gasteiger partial charge in [-0.2, -0.15) is 15.4 Å². The molecule has 3 N–H and O–H groups in total. The first-order valence-corrected chi connectivity index (χ1v) is 8.01. The van der Waals surface area contributed by atoms with E-state index in [0.717, 1.165) is 32.1 Å². The van der Waals surface area contributed by atoms with Crippen molar-refractivity contribution in [3.63, 3.8) is 0 Å². The lowest BCUT2D eigenvalue weighted by molar-refractivity contribution is 0.0641. The maximum Gasteiger partial charge on any atom is 0.253 e. The molecule has 1 fully saturated rings. The van der Waals surface area contributed by atoms with Crippen LogP contribution in [-0.2, 0) is 0 Å². The van der Waals surface area contributed by atoms with Gasteiger partial charge in [0.05, 0.1) is 11.7 Å². The molecule has 2 unspecified atom stereocenters. The number of carbonyl (C=O) groups excluding carboxylic acids is 1. The number of para-hydroxylation sites is 1. The van der Waals surface area contributed by atoms with Crippen LogP contribution in [0, 0.1) is 5.92 Å². The van der Waals surface area contributed by atoms with Crippen LogP contribution >= 0.6 is 0 Å². The highest BCUT2D eigenvalue weighted by Gasteiger charge is 2.22. The van der Waals surface area contributed by atoms with E-state index in [1.807, 2.05) is 6.07 Å². The van der Waals surface area contributed by atoms with E-state index in [2.05, 4.69) is 20.7 Å². The number of aromatic nitrogens is 3. The minimum Gasteiger partial charge on any atom is -0.393 e. The zero-order valence-corrected chi connectivity index (χ0v) is 12.6. The lowest BCUT2D eigenvalue weighted by atomic mass is 9.83. The van der Waals surface area contributed by atoms with Gasteiger partial charge in [0.1, 0.15) is 11.0 Å². The number of nitrogens with one attached hydrogen (secondary N) is 2. The van der Waals surface area contributed by atoms with Crippen molar-refractivity contribution in [2.45, 2.75) is 44.6 Å². The van der Waals surface area contributed by atoms with Gasteiger partial charge in [-0.15, -0.1) is 0 Å². The first kappa shape index (κ1) is 15.0. The molecule has 1 aromatic heterocycles. The summed E-state index contributed by atoms with van der Waals surface area (Å²) < 4.78 is 0. The molecule has 0 spiro atoms. The van der Waals surface area contributed by atoms with Crippen LogP contribution < -0.4 is 5.32 Å². The van der Waals surface area contributed by atoms with Gasteiger partial charge in [0.15, 0.2) is 0 Å². The molecule has 1 aromatic carbocycles. The summed E-state index contributed by atoms with van der Waals surface area (Å²) in [5, 5.41) is 23.4. The highest BCUT2D eigenvalue weighted by atomic mass is 16.3. The predicted molar refractivity (Wildman–Crippen MR) is 83.4 cm³/mol. The largest absolute Gasteiger partial charge is 0.393 e. The van der Waals surface area contributed by atoms with Crippen molar-refractivity contribution in [3.05, 3.63) is 23.8 Å². The van der Waals surface area contributed by atoms with E-state index in [-0.39, 0.29) is 12.0 Å². The summed E-state index contributed by atoms with van der Waals surface area (Å²) in [6.07, 6.45) is 6.07. The van der Waals surface area contributed by atoms with Crippen LogP contribution in [0.2, 0.25) is 0 Å². The molecular formula is C16H22N4O2. The molecular weight excluding hydrogens is 280 g/mol. The summed E-state index contributed by atoms with van der Waals surface area (Å²) in [7, 11) is 0. The molecule has 3 rings (SSSR count). The van der Waals surface area contributed by atoms with Crippen LogP contribution in [0.1, 0.15) is 48.9 Å². The fourth-order valence-electron chi connectivity index (χ4n) is 3.24. The number of aliphatic hydroxyl groups is 1. The molecule has 1 aliphatic rings. The number of benzene rings is 1. The first-order valence-electron chi connectivity index (χ1n) is 8.01. The molecule has 0 bridgehead atoms. The molecule has 1 saturated carbocycles. The van der Waals surface area contributed by atoms with Crippen molar-refractivity contribution in [1.82, 2.24) is 20.7 Å². The summed E-state index contributed by atoms with van der Waals surface area (Å²) in [4.78, 5) is 12.2. The maximum atomic E-state index is 12.2. The Morgan fingerprint density at radius 1 is 1.32 bits per heavy atom. The summed E-state index contributed by atoms with van der Waals surface area (Å²) in [6, 6.07) is 5.38. The van der Waals surface area contributed by atoms with Crippen molar-refractivity contribution < 1.29 is 9.90 Å². The van der Waals surface area contributed by atoms with E-state index in [1.165, 1.54) is 6.42 Å². The zero-order chi connectivity index (χ0) is 15.4. The topological polar surface area (TPSA) is 90.9 Å². The van der Waals surface area contributed by atoms with Gasteiger partial charge in [-0.3, -0.25) is 4.79 Å². The predicted octanol–water partition coefficient (Wildman–Crippen LogP) is 2.02. The molecule has 0 radical (unpaired) electrons. The molecule has 1 aliphatic carbocycles. The number of amides is 1. The fraction of sp³-hybridized carbons (Fsp3) is 0.562. The zero-order valence-electron chi connectivity index (χ0n) is 12.6. The molecule has 1 amide bonds. The quantitative estimate of drug-likeness (QED) is 0.737. The van der Waals surface area contributed by atoms with Gasteiger partial charge in [0.2, 0.25) is 0 Å². The average molecular weight is 302 g/mol. The molecule has 1 heterocycles. The highest BCUT2D eigenvalue weighted by Crippen LogP contribution is 2.27. The molecule has 6 heteroatoms. The Kier molecular flexibility index (Phi) is 4.68. The Labute approximate surface area is 129 Å². The van der Waals surface area contributed by atoms with Gasteiger partial charge in [0, 0.05) is 6.54 Å². The SMILES string of the molecule is O=C(NCCCC1CCCCC1O)c1cccc2n[nH]nc12. The van der Waals surface area contributed by atoms with Crippen molar-refractivity contribution in [1.29, 1.82) is 0 Å². The fourth-order valence-corrected chi connectivity index (χ4v) is 3.24. The van der Waals surface area contributed by atoms with E-state index in [1.54, 1.807) is 12.1 Å². The van der Waals surface area contributed by atoms with Crippen LogP contribution in [-0.4, -0.2) is 39.1 Å². The number of hydrogen-bond acceptors (Lipinski definition) is 4. The van der Waals surface area contributed by atoms with Gasteiger partial charge in [0.25, 0.3) is 5.91 Å². The van der Waals surface area contributed by atoms with E-state index < -0.39 is 0 Å². The molecule has 22 heavy (non-hydrogen) atoms. The Morgan fingerprint density at radius 3 is 3.05 bits per heavy atom. The van der Waals surface area contributed by atoms with Crippen molar-refractivity contribution in [2.75, 3.05) is 6.54 Å². The summed E-state index contributed by atoms with van der Waals surface area (Å²) >= 11 is 0. The van der Waals surface area contributed by atoms with Crippen LogP contribution in [0.25, 0.3) is 11.0 Å². The Bertz CT molecular complexity index is 640. The Balaban J connectivity index is 1.49. The second-order valence-corrected chi connectivity index (χ2v) is 6.01. The number of H-pyrrole nitrogens is 1. The average Bonchev–Trinajstić information content (AvgIpc) is 3.01. The Morgan fingerprint density at radius 2 is 2.18 bits per heavy atom. The molecule has 2 aromatic rings. The van der Waals surface area contributed by atoms with Crippen molar-refractivity contribution >= 4 is 16.9 Å². The smallest absolute Gasteiger partial charge is 0.253 e. The molecule has 2 atom stereocenters. The van der Waals surface area contributed by atoms with Crippen LogP contribution in [0.5, 0.6) is 0 Å². The number of nitrogens with zero attached hydrogens (tertiary/aromatic N) is 2. The lowest BCUT2D eigenvalue weighted by Crippen LogP contribution is -2.28. The van der Waals surface area contributed by atoms with Gasteiger partial charge in [-0.25, -0.2) is 0 Å². The molecule has 118 valence electrons. The number of carbonyl (C=O) groups is 1. The number of aromatic amines is 1. The van der Waals surface area contributed by atoms with Crippen molar-refractivity contribution in [2.24, 2.45) is 5.92 Å². The number of fused-ring (bicyclic) bond motifs is 1. The minimum absolute atomic E-state index is 0.122. The lowest BCUT2D eigenvalue weighted by Gasteiger charge is -2.27. The van der Waals surface area contributed by atoms with Gasteiger partial charge >= 0.3 is 0 Å². The molecule has 6 nitrogen and oxygen atoms in total. The van der Waals surface area contributed by atoms with Crippen LogP contribution in [0.15, 0.2) is 18.2 Å². The number of rotatable bonds is 5. The van der Waals surface area contributed by atoms with E-state index in [4.69, 9.17) is 0 Å². The van der Waals surface area contributed by atoms with Crippen LogP contribution in [0.4, 0.5) is 0 Å². The highest BCUT2D eigenvalue weighted by molar-refractivity contribution is 6.04. The van der Waals surface area contributed by atoms with Gasteiger partial charge in [-0.1, -0.05) is 18.9 Å². The summed E-state index contributed by atoms with van der Waals surface area (Å²) in [6.45, 7) is 0.621. The van der Waals surface area contributed by atoms with E-state index in [9.17, 15) is 9.90 Å². The third-order valence-electron chi connectivity index (χ3n) is 4.50. The number of hydrogen-bond donors (Lipinski definition) is 3. The third kappa shape index (κ3) is 3.27. The first-order chi connectivity index (χ1) is 10.8. The maximum absolute atomic E-state index is 12.2. The van der Waals surface area contributed by atoms with E-state index in [0.29, 0.717) is 29.1 Å². The Hall–Kier alpha value is -1.95. The summed E-state index contributed by atoms with van der Waals surface area (Å²) in [5.41, 5.74) is 1.84. The van der Waals surface area contributed by atoms with Gasteiger partial charge < -0.3 is 10.4 Å². The standard InChI is InChI=1S/C16H22N4O2/c21-14-9-2-1-5-11(14)6-4-10-17-16(22)12-7-3-8-13-15(12)19-20-18-13/h3,7-8,11,14,21H,1-2,4-6,9-10H2,(H,17,22)(H,18,19,20). The third-order valence-corrected chi connectivity index (χ3v) is 4.50. The normalized spacial score (nSPS) is 21.9. The van der Waals surface area contributed by atoms with Crippen molar-refractivity contribution in [3.8, 4) is 0 Å². The summed E-state index contributed by atoms with van der Waals surface area (Å²) in [5.74, 6) is 0.272. The van der Waals surface area contributed by atoms with E-state index >= 15 is 0 Å². The second-order valence-electron chi connectivity index (χ2n) is 6.01.